The minimum Gasteiger partial charge on any atom is -0.367 e. The lowest BCUT2D eigenvalue weighted by molar-refractivity contribution is 0.579. The van der Waals surface area contributed by atoms with Gasteiger partial charge in [-0.1, -0.05) is 13.8 Å². The second-order valence-corrected chi connectivity index (χ2v) is 6.02. The number of halogens is 3. The van der Waals surface area contributed by atoms with Crippen molar-refractivity contribution in [3.05, 3.63) is 29.8 Å². The smallest absolute Gasteiger partial charge is 0.191 e. The van der Waals surface area contributed by atoms with Gasteiger partial charge in [-0.2, -0.15) is 0 Å². The van der Waals surface area contributed by atoms with Crippen LogP contribution in [0.3, 0.4) is 0 Å². The number of benzene rings is 1. The minimum absolute atomic E-state index is 0. The predicted octanol–water partition coefficient (Wildman–Crippen LogP) is 2.98. The first-order valence-corrected chi connectivity index (χ1v) is 7.66. The second kappa shape index (κ2) is 9.24. The maximum atomic E-state index is 13.8. The van der Waals surface area contributed by atoms with E-state index in [-0.39, 0.29) is 30.0 Å². The van der Waals surface area contributed by atoms with Gasteiger partial charge in [-0.15, -0.1) is 24.0 Å². The molecule has 0 spiro atoms. The van der Waals surface area contributed by atoms with E-state index in [0.29, 0.717) is 18.2 Å². The second-order valence-electron chi connectivity index (χ2n) is 6.02. The number of nitrogens with zero attached hydrogens (tertiary/aromatic N) is 2. The van der Waals surface area contributed by atoms with Gasteiger partial charge in [-0.25, -0.2) is 8.78 Å². The number of aliphatic imine (C=N–C) groups is 1. The molecule has 130 valence electrons. The third-order valence-electron chi connectivity index (χ3n) is 3.68. The van der Waals surface area contributed by atoms with Crippen LogP contribution in [-0.2, 0) is 0 Å². The summed E-state index contributed by atoms with van der Waals surface area (Å²) >= 11 is 0. The molecule has 1 aromatic rings. The Balaban J connectivity index is 0.00000264. The summed E-state index contributed by atoms with van der Waals surface area (Å²) in [6.45, 7) is 6.53. The Hall–Kier alpha value is -1.12. The van der Waals surface area contributed by atoms with Crippen molar-refractivity contribution in [1.82, 2.24) is 10.6 Å². The summed E-state index contributed by atoms with van der Waals surface area (Å²) in [5.74, 6) is 0.239. The van der Waals surface area contributed by atoms with Gasteiger partial charge in [-0.3, -0.25) is 4.99 Å². The highest BCUT2D eigenvalue weighted by molar-refractivity contribution is 14.0. The Morgan fingerprint density at radius 2 is 2.13 bits per heavy atom. The van der Waals surface area contributed by atoms with E-state index in [1.165, 1.54) is 12.1 Å². The van der Waals surface area contributed by atoms with E-state index in [9.17, 15) is 8.78 Å². The largest absolute Gasteiger partial charge is 0.367 e. The Bertz CT molecular complexity index is 537. The third kappa shape index (κ3) is 5.78. The maximum Gasteiger partial charge on any atom is 0.191 e. The quantitative estimate of drug-likeness (QED) is 0.432. The number of guanidine groups is 1. The van der Waals surface area contributed by atoms with Crippen molar-refractivity contribution >= 4 is 35.6 Å². The highest BCUT2D eigenvalue weighted by Crippen LogP contribution is 2.24. The van der Waals surface area contributed by atoms with Crippen LogP contribution in [-0.4, -0.2) is 38.7 Å². The number of anilines is 1. The van der Waals surface area contributed by atoms with E-state index in [4.69, 9.17) is 0 Å². The van der Waals surface area contributed by atoms with Crippen molar-refractivity contribution in [3.8, 4) is 0 Å². The van der Waals surface area contributed by atoms with Gasteiger partial charge in [0.15, 0.2) is 5.96 Å². The molecule has 1 aliphatic heterocycles. The standard InChI is InChI=1S/C16H24F2N4.HI/c1-11(2)9-20-16(19-3)21-13-6-7-22(10-13)15-5-4-12(17)8-14(15)18;/h4-5,8,11,13H,6-7,9-10H2,1-3H3,(H2,19,20,21);1H. The summed E-state index contributed by atoms with van der Waals surface area (Å²) in [4.78, 5) is 6.14. The van der Waals surface area contributed by atoms with Crippen molar-refractivity contribution in [2.75, 3.05) is 31.6 Å². The number of rotatable bonds is 4. The van der Waals surface area contributed by atoms with Gasteiger partial charge in [0.25, 0.3) is 0 Å². The summed E-state index contributed by atoms with van der Waals surface area (Å²) in [6, 6.07) is 3.92. The molecule has 1 heterocycles. The van der Waals surface area contributed by atoms with E-state index in [0.717, 1.165) is 31.5 Å². The molecule has 2 N–H and O–H groups in total. The maximum absolute atomic E-state index is 13.8. The molecule has 4 nitrogen and oxygen atoms in total. The fourth-order valence-electron chi connectivity index (χ4n) is 2.52. The number of hydrogen-bond acceptors (Lipinski definition) is 2. The lowest BCUT2D eigenvalue weighted by Gasteiger charge is -2.21. The first-order chi connectivity index (χ1) is 10.5. The molecular formula is C16H25F2IN4. The Kier molecular flexibility index (Phi) is 8.01. The summed E-state index contributed by atoms with van der Waals surface area (Å²) in [5.41, 5.74) is 0.454. The fraction of sp³-hybridized carbons (Fsp3) is 0.562. The van der Waals surface area contributed by atoms with Crippen LogP contribution >= 0.6 is 24.0 Å². The molecule has 0 aromatic heterocycles. The molecule has 1 aliphatic rings. The van der Waals surface area contributed by atoms with Crippen molar-refractivity contribution < 1.29 is 8.78 Å². The molecule has 1 aromatic carbocycles. The van der Waals surface area contributed by atoms with Gasteiger partial charge in [0.1, 0.15) is 11.6 Å². The van der Waals surface area contributed by atoms with Crippen molar-refractivity contribution in [3.63, 3.8) is 0 Å². The van der Waals surface area contributed by atoms with Gasteiger partial charge < -0.3 is 15.5 Å². The van der Waals surface area contributed by atoms with Crippen LogP contribution in [0.25, 0.3) is 0 Å². The van der Waals surface area contributed by atoms with E-state index in [1.807, 2.05) is 4.90 Å². The minimum atomic E-state index is -0.548. The van der Waals surface area contributed by atoms with Gasteiger partial charge in [0.2, 0.25) is 0 Å². The van der Waals surface area contributed by atoms with Crippen molar-refractivity contribution in [2.45, 2.75) is 26.3 Å². The van der Waals surface area contributed by atoms with Gasteiger partial charge >= 0.3 is 0 Å². The molecular weight excluding hydrogens is 413 g/mol. The average molecular weight is 438 g/mol. The molecule has 0 saturated carbocycles. The topological polar surface area (TPSA) is 39.7 Å². The van der Waals surface area contributed by atoms with Crippen LogP contribution < -0.4 is 15.5 Å². The first kappa shape index (κ1) is 19.9. The van der Waals surface area contributed by atoms with Crippen LogP contribution in [0.1, 0.15) is 20.3 Å². The summed E-state index contributed by atoms with van der Waals surface area (Å²) in [7, 11) is 1.74. The summed E-state index contributed by atoms with van der Waals surface area (Å²) < 4.78 is 26.8. The highest BCUT2D eigenvalue weighted by Gasteiger charge is 2.25. The highest BCUT2D eigenvalue weighted by atomic mass is 127. The van der Waals surface area contributed by atoms with E-state index in [1.54, 1.807) is 7.05 Å². The van der Waals surface area contributed by atoms with Crippen molar-refractivity contribution in [1.29, 1.82) is 0 Å². The van der Waals surface area contributed by atoms with E-state index < -0.39 is 11.6 Å². The third-order valence-corrected chi connectivity index (χ3v) is 3.68. The molecule has 7 heteroatoms. The fourth-order valence-corrected chi connectivity index (χ4v) is 2.52. The van der Waals surface area contributed by atoms with Crippen LogP contribution in [0, 0.1) is 17.6 Å². The Labute approximate surface area is 153 Å². The molecule has 0 amide bonds. The predicted molar refractivity (Wildman–Crippen MR) is 102 cm³/mol. The molecule has 0 aliphatic carbocycles. The van der Waals surface area contributed by atoms with Gasteiger partial charge in [0.05, 0.1) is 5.69 Å². The lowest BCUT2D eigenvalue weighted by Crippen LogP contribution is -2.45. The molecule has 1 saturated heterocycles. The Morgan fingerprint density at radius 1 is 1.39 bits per heavy atom. The zero-order valence-electron chi connectivity index (χ0n) is 13.8. The summed E-state index contributed by atoms with van der Waals surface area (Å²) in [6.07, 6.45) is 0.888. The van der Waals surface area contributed by atoms with Crippen LogP contribution in [0.5, 0.6) is 0 Å². The number of nitrogens with one attached hydrogen (secondary N) is 2. The zero-order chi connectivity index (χ0) is 16.1. The molecule has 1 atom stereocenters. The Morgan fingerprint density at radius 3 is 2.74 bits per heavy atom. The van der Waals surface area contributed by atoms with E-state index >= 15 is 0 Å². The molecule has 23 heavy (non-hydrogen) atoms. The molecule has 2 rings (SSSR count). The molecule has 0 radical (unpaired) electrons. The van der Waals surface area contributed by atoms with Crippen molar-refractivity contribution in [2.24, 2.45) is 10.9 Å². The van der Waals surface area contributed by atoms with Crippen LogP contribution in [0.15, 0.2) is 23.2 Å². The van der Waals surface area contributed by atoms with E-state index in [2.05, 4.69) is 29.5 Å². The lowest BCUT2D eigenvalue weighted by atomic mass is 10.2. The average Bonchev–Trinajstić information content (AvgIpc) is 2.91. The first-order valence-electron chi connectivity index (χ1n) is 7.66. The molecule has 1 unspecified atom stereocenters. The monoisotopic (exact) mass is 438 g/mol. The molecule has 0 bridgehead atoms. The normalized spacial score (nSPS) is 18.1. The zero-order valence-corrected chi connectivity index (χ0v) is 16.1. The van der Waals surface area contributed by atoms with Gasteiger partial charge in [-0.05, 0) is 24.5 Å². The summed E-state index contributed by atoms with van der Waals surface area (Å²) in [5, 5.41) is 6.62. The van der Waals surface area contributed by atoms with Crippen LogP contribution in [0.4, 0.5) is 14.5 Å². The van der Waals surface area contributed by atoms with Crippen LogP contribution in [0.2, 0.25) is 0 Å². The molecule has 1 fully saturated rings. The SMILES string of the molecule is CN=C(NCC(C)C)NC1CCN(c2ccc(F)cc2F)C1.I. The van der Waals surface area contributed by atoms with Gasteiger partial charge in [0, 0.05) is 38.8 Å². The number of hydrogen-bond donors (Lipinski definition) is 2.